The molecule has 220 valence electrons. The summed E-state index contributed by atoms with van der Waals surface area (Å²) in [7, 11) is 0. The molecule has 1 atom stereocenters. The predicted molar refractivity (Wildman–Crippen MR) is 130 cm³/mol. The maximum absolute atomic E-state index is 13.1. The summed E-state index contributed by atoms with van der Waals surface area (Å²) in [5.41, 5.74) is -0.573. The molecule has 2 amide bonds. The van der Waals surface area contributed by atoms with E-state index in [1.165, 1.54) is 18.6 Å². The normalized spacial score (nSPS) is 18.6. The molecule has 8 nitrogen and oxygen atoms in total. The van der Waals surface area contributed by atoms with Crippen molar-refractivity contribution < 1.29 is 45.8 Å². The summed E-state index contributed by atoms with van der Waals surface area (Å²) < 4.78 is 70.4. The molecule has 2 N–H and O–H groups in total. The summed E-state index contributed by atoms with van der Waals surface area (Å²) >= 11 is 0. The molecule has 2 saturated heterocycles. The largest absolute Gasteiger partial charge is 0.490 e. The van der Waals surface area contributed by atoms with E-state index in [-0.39, 0.29) is 30.3 Å². The molecule has 1 aromatic rings. The van der Waals surface area contributed by atoms with Crippen molar-refractivity contribution >= 4 is 17.8 Å². The number of rotatable bonds is 7. The Kier molecular flexibility index (Phi) is 12.0. The number of amides is 2. The zero-order chi connectivity index (χ0) is 29.2. The van der Waals surface area contributed by atoms with E-state index in [9.17, 15) is 35.9 Å². The first-order valence-corrected chi connectivity index (χ1v) is 12.7. The summed E-state index contributed by atoms with van der Waals surface area (Å²) in [6.45, 7) is 7.35. The molecule has 39 heavy (non-hydrogen) atoms. The Balaban J connectivity index is 0.000000673. The number of piperidine rings is 1. The number of alkyl halides is 6. The summed E-state index contributed by atoms with van der Waals surface area (Å²) in [4.78, 5) is 40.4. The average Bonchev–Trinajstić information content (AvgIpc) is 2.89. The van der Waals surface area contributed by atoms with Gasteiger partial charge in [-0.2, -0.15) is 26.3 Å². The van der Waals surface area contributed by atoms with E-state index in [0.29, 0.717) is 32.2 Å². The molecule has 2 heterocycles. The Morgan fingerprint density at radius 1 is 0.974 bits per heavy atom. The number of carboxylic acid groups (broad SMARTS) is 1. The smallest absolute Gasteiger partial charge is 0.475 e. The standard InChI is InChI=1S/C23H33F3N4O2.C2HF3O2/c1-18-4-2-3-12-28(18)16-17-30(13-9-21(31)29-14-10-27-11-15-29)22(32)19-5-7-20(8-6-19)23(24,25)26;3-2(4,5)1(6)7/h5-8,18,27H,2-4,9-17H2,1H3;(H,6,7). The first kappa shape index (κ1) is 32.3. The molecular weight excluding hydrogens is 534 g/mol. The van der Waals surface area contributed by atoms with Crippen LogP contribution in [0, 0.1) is 0 Å². The number of benzene rings is 1. The van der Waals surface area contributed by atoms with Crippen LogP contribution in [0.15, 0.2) is 24.3 Å². The molecule has 0 spiro atoms. The molecule has 1 aromatic carbocycles. The van der Waals surface area contributed by atoms with Crippen LogP contribution in [0.3, 0.4) is 0 Å². The quantitative estimate of drug-likeness (QED) is 0.490. The Morgan fingerprint density at radius 2 is 1.56 bits per heavy atom. The van der Waals surface area contributed by atoms with Crippen molar-refractivity contribution in [2.45, 2.75) is 51.0 Å². The van der Waals surface area contributed by atoms with Crippen LogP contribution in [-0.4, -0.2) is 102 Å². The number of piperazine rings is 1. The zero-order valence-electron chi connectivity index (χ0n) is 21.7. The Hall–Kier alpha value is -2.87. The molecule has 0 bridgehead atoms. The van der Waals surface area contributed by atoms with Crippen LogP contribution in [0.1, 0.15) is 48.5 Å². The summed E-state index contributed by atoms with van der Waals surface area (Å²) in [5.74, 6) is -3.09. The fraction of sp³-hybridized carbons (Fsp3) is 0.640. The number of likely N-dealkylation sites (tertiary alicyclic amines) is 1. The number of nitrogens with zero attached hydrogens (tertiary/aromatic N) is 3. The van der Waals surface area contributed by atoms with E-state index in [1.54, 1.807) is 9.80 Å². The van der Waals surface area contributed by atoms with Gasteiger partial charge in [0.2, 0.25) is 5.91 Å². The third-order valence-corrected chi connectivity index (χ3v) is 6.65. The highest BCUT2D eigenvalue weighted by Gasteiger charge is 2.38. The van der Waals surface area contributed by atoms with Gasteiger partial charge in [-0.3, -0.25) is 14.5 Å². The third-order valence-electron chi connectivity index (χ3n) is 6.65. The van der Waals surface area contributed by atoms with Gasteiger partial charge < -0.3 is 20.2 Å². The van der Waals surface area contributed by atoms with Crippen molar-refractivity contribution in [3.63, 3.8) is 0 Å². The van der Waals surface area contributed by atoms with Crippen molar-refractivity contribution in [2.24, 2.45) is 0 Å². The molecule has 0 radical (unpaired) electrons. The molecule has 0 saturated carbocycles. The highest BCUT2D eigenvalue weighted by molar-refractivity contribution is 5.94. The highest BCUT2D eigenvalue weighted by Crippen LogP contribution is 2.29. The molecule has 2 aliphatic heterocycles. The second-order valence-corrected chi connectivity index (χ2v) is 9.43. The molecule has 14 heteroatoms. The third kappa shape index (κ3) is 10.7. The van der Waals surface area contributed by atoms with Gasteiger partial charge in [-0.1, -0.05) is 6.42 Å². The number of aliphatic carboxylic acids is 1. The Bertz CT molecular complexity index is 949. The first-order chi connectivity index (χ1) is 18.2. The number of hydrogen-bond acceptors (Lipinski definition) is 5. The van der Waals surface area contributed by atoms with E-state index >= 15 is 0 Å². The maximum Gasteiger partial charge on any atom is 0.490 e. The fourth-order valence-electron chi connectivity index (χ4n) is 4.34. The predicted octanol–water partition coefficient (Wildman–Crippen LogP) is 3.48. The van der Waals surface area contributed by atoms with Crippen LogP contribution in [-0.2, 0) is 15.8 Å². The van der Waals surface area contributed by atoms with Gasteiger partial charge in [0.1, 0.15) is 0 Å². The number of halogens is 6. The van der Waals surface area contributed by atoms with Crippen LogP contribution in [0.2, 0.25) is 0 Å². The summed E-state index contributed by atoms with van der Waals surface area (Å²) in [6, 6.07) is 4.75. The lowest BCUT2D eigenvalue weighted by molar-refractivity contribution is -0.192. The van der Waals surface area contributed by atoms with E-state index < -0.39 is 23.9 Å². The van der Waals surface area contributed by atoms with Gasteiger partial charge in [0.15, 0.2) is 0 Å². The van der Waals surface area contributed by atoms with Crippen molar-refractivity contribution in [1.82, 2.24) is 20.0 Å². The van der Waals surface area contributed by atoms with Crippen LogP contribution >= 0.6 is 0 Å². The van der Waals surface area contributed by atoms with E-state index in [0.717, 1.165) is 44.6 Å². The van der Waals surface area contributed by atoms with E-state index in [2.05, 4.69) is 17.1 Å². The van der Waals surface area contributed by atoms with Gasteiger partial charge in [-0.15, -0.1) is 0 Å². The second kappa shape index (κ2) is 14.5. The van der Waals surface area contributed by atoms with Gasteiger partial charge >= 0.3 is 18.3 Å². The van der Waals surface area contributed by atoms with Crippen molar-refractivity contribution in [2.75, 3.05) is 52.4 Å². The highest BCUT2D eigenvalue weighted by atomic mass is 19.4. The number of carboxylic acids is 1. The van der Waals surface area contributed by atoms with Crippen LogP contribution in [0.25, 0.3) is 0 Å². The van der Waals surface area contributed by atoms with Crippen LogP contribution in [0.4, 0.5) is 26.3 Å². The Labute approximate surface area is 222 Å². The number of carbonyl (C=O) groups excluding carboxylic acids is 2. The molecule has 0 aromatic heterocycles. The van der Waals surface area contributed by atoms with Crippen molar-refractivity contribution in [1.29, 1.82) is 0 Å². The van der Waals surface area contributed by atoms with E-state index in [4.69, 9.17) is 9.90 Å². The van der Waals surface area contributed by atoms with E-state index in [1.807, 2.05) is 0 Å². The van der Waals surface area contributed by atoms with Gasteiger partial charge in [0.05, 0.1) is 5.56 Å². The second-order valence-electron chi connectivity index (χ2n) is 9.43. The average molecular weight is 569 g/mol. The lowest BCUT2D eigenvalue weighted by Gasteiger charge is -2.35. The minimum Gasteiger partial charge on any atom is -0.475 e. The maximum atomic E-state index is 13.1. The summed E-state index contributed by atoms with van der Waals surface area (Å²) in [5, 5.41) is 10.3. The van der Waals surface area contributed by atoms with Crippen molar-refractivity contribution in [3.8, 4) is 0 Å². The number of hydrogen-bond donors (Lipinski definition) is 2. The lowest BCUT2D eigenvalue weighted by Crippen LogP contribution is -2.48. The zero-order valence-corrected chi connectivity index (χ0v) is 21.7. The van der Waals surface area contributed by atoms with Crippen molar-refractivity contribution in [3.05, 3.63) is 35.4 Å². The molecule has 1 unspecified atom stereocenters. The van der Waals surface area contributed by atoms with Crippen LogP contribution in [0.5, 0.6) is 0 Å². The SMILES string of the molecule is CC1CCCCN1CCN(CCC(=O)N1CCNCC1)C(=O)c1ccc(C(F)(F)F)cc1.O=C(O)C(F)(F)F. The monoisotopic (exact) mass is 568 g/mol. The fourth-order valence-corrected chi connectivity index (χ4v) is 4.34. The molecule has 0 aliphatic carbocycles. The number of carbonyl (C=O) groups is 3. The van der Waals surface area contributed by atoms with Gasteiger partial charge in [-0.25, -0.2) is 4.79 Å². The van der Waals surface area contributed by atoms with Gasteiger partial charge in [0, 0.05) is 63.8 Å². The molecule has 3 rings (SSSR count). The van der Waals surface area contributed by atoms with Gasteiger partial charge in [0.25, 0.3) is 5.91 Å². The molecular formula is C25H34F6N4O4. The van der Waals surface area contributed by atoms with Crippen LogP contribution < -0.4 is 5.32 Å². The van der Waals surface area contributed by atoms with Gasteiger partial charge in [-0.05, 0) is 50.6 Å². The number of nitrogens with one attached hydrogen (secondary N) is 1. The minimum atomic E-state index is -5.08. The first-order valence-electron chi connectivity index (χ1n) is 12.7. The summed E-state index contributed by atoms with van der Waals surface area (Å²) in [6.07, 6.45) is -5.87. The topological polar surface area (TPSA) is 93.2 Å². The minimum absolute atomic E-state index is 0.00283. The Morgan fingerprint density at radius 3 is 2.08 bits per heavy atom. The molecule has 2 fully saturated rings. The lowest BCUT2D eigenvalue weighted by atomic mass is 10.0. The molecule has 2 aliphatic rings.